The molecule has 5 nitrogen and oxygen atoms in total. The zero-order chi connectivity index (χ0) is 22.7. The first-order chi connectivity index (χ1) is 15.4. The van der Waals surface area contributed by atoms with E-state index in [2.05, 4.69) is 35.5 Å². The van der Waals surface area contributed by atoms with Gasteiger partial charge in [-0.2, -0.15) is 5.10 Å². The van der Waals surface area contributed by atoms with E-state index < -0.39 is 5.82 Å². The highest BCUT2D eigenvalue weighted by Gasteiger charge is 2.17. The van der Waals surface area contributed by atoms with Gasteiger partial charge < -0.3 is 10.1 Å². The first-order valence-corrected chi connectivity index (χ1v) is 11.1. The number of nitrogens with one attached hydrogen (secondary N) is 1. The van der Waals surface area contributed by atoms with Crippen molar-refractivity contribution in [3.8, 4) is 5.75 Å². The Balaban J connectivity index is 1.43. The molecule has 164 valence electrons. The summed E-state index contributed by atoms with van der Waals surface area (Å²) >= 11 is 1.33. The number of carbonyl (C=O) groups excluding carboxylic acids is 1. The Kier molecular flexibility index (Phi) is 6.37. The summed E-state index contributed by atoms with van der Waals surface area (Å²) in [4.78, 5) is 13.4. The molecular weight excluding hydrogens is 425 g/mol. The van der Waals surface area contributed by atoms with Crippen molar-refractivity contribution >= 4 is 22.9 Å². The molecule has 1 amide bonds. The molecule has 2 aromatic heterocycles. The van der Waals surface area contributed by atoms with Gasteiger partial charge >= 0.3 is 0 Å². The van der Waals surface area contributed by atoms with Crippen molar-refractivity contribution in [2.45, 2.75) is 33.9 Å². The van der Waals surface area contributed by atoms with Gasteiger partial charge in [0.15, 0.2) is 11.6 Å². The molecule has 0 fully saturated rings. The molecule has 0 saturated heterocycles. The third-order valence-electron chi connectivity index (χ3n) is 5.14. The zero-order valence-corrected chi connectivity index (χ0v) is 19.0. The molecule has 4 aromatic rings. The molecule has 2 aromatic carbocycles. The fourth-order valence-corrected chi connectivity index (χ4v) is 4.28. The van der Waals surface area contributed by atoms with Gasteiger partial charge in [-0.15, -0.1) is 11.3 Å². The van der Waals surface area contributed by atoms with Gasteiger partial charge in [0.1, 0.15) is 6.61 Å². The molecule has 0 radical (unpaired) electrons. The summed E-state index contributed by atoms with van der Waals surface area (Å²) in [6, 6.07) is 16.3. The van der Waals surface area contributed by atoms with E-state index in [9.17, 15) is 9.18 Å². The van der Waals surface area contributed by atoms with Crippen molar-refractivity contribution in [3.63, 3.8) is 0 Å². The van der Waals surface area contributed by atoms with E-state index >= 15 is 0 Å². The van der Waals surface area contributed by atoms with Gasteiger partial charge in [-0.25, -0.2) is 4.39 Å². The number of carbonyl (C=O) groups is 1. The molecule has 0 atom stereocenters. The van der Waals surface area contributed by atoms with Crippen LogP contribution in [0.2, 0.25) is 0 Å². The lowest BCUT2D eigenvalue weighted by atomic mass is 10.1. The summed E-state index contributed by atoms with van der Waals surface area (Å²) in [6.45, 7) is 6.73. The minimum absolute atomic E-state index is 0.192. The summed E-state index contributed by atoms with van der Waals surface area (Å²) < 4.78 is 21.1. The fraction of sp³-hybridized carbons (Fsp3) is 0.200. The maximum absolute atomic E-state index is 13.7. The predicted molar refractivity (Wildman–Crippen MR) is 125 cm³/mol. The summed E-state index contributed by atoms with van der Waals surface area (Å²) in [5.74, 6) is -0.417. The maximum Gasteiger partial charge on any atom is 0.265 e. The number of amides is 1. The minimum Gasteiger partial charge on any atom is -0.486 e. The molecule has 0 saturated carbocycles. The number of benzene rings is 2. The van der Waals surface area contributed by atoms with Crippen LogP contribution in [0, 0.1) is 26.6 Å². The second-order valence-electron chi connectivity index (χ2n) is 7.68. The molecule has 32 heavy (non-hydrogen) atoms. The van der Waals surface area contributed by atoms with Crippen molar-refractivity contribution in [2.75, 3.05) is 5.32 Å². The number of aryl methyl sites for hydroxylation is 2. The molecule has 7 heteroatoms. The average Bonchev–Trinajstić information content (AvgIpc) is 3.34. The highest BCUT2D eigenvalue weighted by molar-refractivity contribution is 7.12. The Morgan fingerprint density at radius 1 is 1.09 bits per heavy atom. The van der Waals surface area contributed by atoms with Gasteiger partial charge in [0.2, 0.25) is 0 Å². The smallest absolute Gasteiger partial charge is 0.265 e. The highest BCUT2D eigenvalue weighted by Crippen LogP contribution is 2.24. The molecule has 0 aliphatic heterocycles. The van der Waals surface area contributed by atoms with Gasteiger partial charge in [0.25, 0.3) is 5.91 Å². The first kappa shape index (κ1) is 21.8. The molecule has 1 N–H and O–H groups in total. The molecule has 0 aliphatic carbocycles. The van der Waals surface area contributed by atoms with E-state index in [0.29, 0.717) is 11.4 Å². The number of aromatic nitrogens is 2. The Morgan fingerprint density at radius 2 is 1.91 bits per heavy atom. The standard InChI is InChI=1S/C25H24FN3O2S/c1-16-7-6-8-19(11-16)13-29-18(3)24(17(2)28-29)27-25(30)23-12-20(15-32-23)14-31-22-10-5-4-9-21(22)26/h4-12,15H,13-14H2,1-3H3,(H,27,30). The Morgan fingerprint density at radius 3 is 2.69 bits per heavy atom. The number of rotatable bonds is 7. The highest BCUT2D eigenvalue weighted by atomic mass is 32.1. The van der Waals surface area contributed by atoms with E-state index in [1.807, 2.05) is 30.0 Å². The minimum atomic E-state index is -0.408. The van der Waals surface area contributed by atoms with Crippen LogP contribution in [0.3, 0.4) is 0 Å². The van der Waals surface area contributed by atoms with Gasteiger partial charge in [-0.05, 0) is 49.9 Å². The molecule has 0 unspecified atom stereocenters. The topological polar surface area (TPSA) is 56.2 Å². The van der Waals surface area contributed by atoms with Crippen LogP contribution in [0.15, 0.2) is 60.0 Å². The van der Waals surface area contributed by atoms with Crippen LogP contribution >= 0.6 is 11.3 Å². The molecule has 0 bridgehead atoms. The normalized spacial score (nSPS) is 10.9. The van der Waals surface area contributed by atoms with Crippen LogP contribution in [0.5, 0.6) is 5.75 Å². The maximum atomic E-state index is 13.7. The number of hydrogen-bond donors (Lipinski definition) is 1. The third-order valence-corrected chi connectivity index (χ3v) is 6.12. The number of nitrogens with zero attached hydrogens (tertiary/aromatic N) is 2. The second kappa shape index (κ2) is 9.36. The molecule has 0 spiro atoms. The number of hydrogen-bond acceptors (Lipinski definition) is 4. The number of para-hydroxylation sites is 1. The number of ether oxygens (including phenoxy) is 1. The van der Waals surface area contributed by atoms with Crippen molar-refractivity contribution in [3.05, 3.63) is 98.7 Å². The van der Waals surface area contributed by atoms with Crippen LogP contribution in [-0.4, -0.2) is 15.7 Å². The lowest BCUT2D eigenvalue weighted by molar-refractivity contribution is 0.103. The largest absolute Gasteiger partial charge is 0.486 e. The summed E-state index contributed by atoms with van der Waals surface area (Å²) in [5, 5.41) is 9.45. The Bertz CT molecular complexity index is 1260. The van der Waals surface area contributed by atoms with Crippen molar-refractivity contribution in [2.24, 2.45) is 0 Å². The third kappa shape index (κ3) is 4.89. The lowest BCUT2D eigenvalue weighted by Crippen LogP contribution is -2.12. The fourth-order valence-electron chi connectivity index (χ4n) is 3.48. The van der Waals surface area contributed by atoms with Crippen molar-refractivity contribution in [1.82, 2.24) is 9.78 Å². The van der Waals surface area contributed by atoms with Gasteiger partial charge in [-0.3, -0.25) is 9.48 Å². The second-order valence-corrected chi connectivity index (χ2v) is 8.60. The van der Waals surface area contributed by atoms with E-state index in [1.54, 1.807) is 24.3 Å². The van der Waals surface area contributed by atoms with Crippen LogP contribution in [-0.2, 0) is 13.2 Å². The van der Waals surface area contributed by atoms with Gasteiger partial charge in [-0.1, -0.05) is 42.0 Å². The van der Waals surface area contributed by atoms with Crippen molar-refractivity contribution in [1.29, 1.82) is 0 Å². The van der Waals surface area contributed by atoms with Gasteiger partial charge in [0, 0.05) is 5.56 Å². The van der Waals surface area contributed by atoms with Crippen LogP contribution < -0.4 is 10.1 Å². The van der Waals surface area contributed by atoms with Gasteiger partial charge in [0.05, 0.1) is 28.5 Å². The number of anilines is 1. The predicted octanol–water partition coefficient (Wildman–Crippen LogP) is 5.89. The van der Waals surface area contributed by atoms with Crippen LogP contribution in [0.25, 0.3) is 0 Å². The average molecular weight is 450 g/mol. The Labute approximate surface area is 190 Å². The quantitative estimate of drug-likeness (QED) is 0.383. The van der Waals surface area contributed by atoms with Crippen LogP contribution in [0.1, 0.15) is 37.7 Å². The SMILES string of the molecule is Cc1cccc(Cn2nc(C)c(NC(=O)c3cc(COc4ccccc4F)cs3)c2C)c1. The summed E-state index contributed by atoms with van der Waals surface area (Å²) in [6.07, 6.45) is 0. The van der Waals surface area contributed by atoms with Crippen molar-refractivity contribution < 1.29 is 13.9 Å². The summed E-state index contributed by atoms with van der Waals surface area (Å²) in [5.41, 5.74) is 5.56. The van der Waals surface area contributed by atoms with E-state index in [1.165, 1.54) is 23.0 Å². The van der Waals surface area contributed by atoms with Crippen LogP contribution in [0.4, 0.5) is 10.1 Å². The Hall–Kier alpha value is -3.45. The van der Waals surface area contributed by atoms with E-state index in [0.717, 1.165) is 28.2 Å². The lowest BCUT2D eigenvalue weighted by Gasteiger charge is -2.07. The van der Waals surface area contributed by atoms with E-state index in [4.69, 9.17) is 4.74 Å². The number of thiophene rings is 1. The molecular formula is C25H24FN3O2S. The molecule has 4 rings (SSSR count). The summed E-state index contributed by atoms with van der Waals surface area (Å²) in [7, 11) is 0. The number of halogens is 1. The first-order valence-electron chi connectivity index (χ1n) is 10.3. The van der Waals surface area contributed by atoms with E-state index in [-0.39, 0.29) is 18.3 Å². The monoisotopic (exact) mass is 449 g/mol. The molecule has 0 aliphatic rings. The molecule has 2 heterocycles. The zero-order valence-electron chi connectivity index (χ0n) is 18.2.